The highest BCUT2D eigenvalue weighted by atomic mass is 16.6. The van der Waals surface area contributed by atoms with E-state index >= 15 is 0 Å². The second kappa shape index (κ2) is 5.15. The van der Waals surface area contributed by atoms with E-state index in [9.17, 15) is 9.90 Å². The topological polar surface area (TPSA) is 49.8 Å². The Labute approximate surface area is 97.6 Å². The third-order valence-corrected chi connectivity index (χ3v) is 2.86. The van der Waals surface area contributed by atoms with Crippen LogP contribution in [0.5, 0.6) is 0 Å². The normalized spacial score (nSPS) is 21.8. The summed E-state index contributed by atoms with van der Waals surface area (Å²) in [5, 5.41) is 9.90. The number of esters is 1. The first-order valence-corrected chi connectivity index (χ1v) is 5.89. The minimum Gasteiger partial charge on any atom is -0.458 e. The first-order valence-electron chi connectivity index (χ1n) is 5.89. The molecule has 1 fully saturated rings. The standard InChI is InChI=1S/C12H23NO3/c1-12(2,3)16-11(15)10(14)9-5-7-13(4)8-6-9/h9-10,14H,5-8H2,1-4H3/t10-/m0/s1. The van der Waals surface area contributed by atoms with Gasteiger partial charge in [-0.1, -0.05) is 0 Å². The highest BCUT2D eigenvalue weighted by molar-refractivity contribution is 5.75. The third-order valence-electron chi connectivity index (χ3n) is 2.86. The van der Waals surface area contributed by atoms with Crippen LogP contribution < -0.4 is 0 Å². The van der Waals surface area contributed by atoms with Crippen molar-refractivity contribution in [1.82, 2.24) is 4.90 Å². The zero-order valence-electron chi connectivity index (χ0n) is 10.7. The molecule has 1 N–H and O–H groups in total. The van der Waals surface area contributed by atoms with Gasteiger partial charge in [0.25, 0.3) is 0 Å². The van der Waals surface area contributed by atoms with Gasteiger partial charge in [-0.3, -0.25) is 0 Å². The fraction of sp³-hybridized carbons (Fsp3) is 0.917. The van der Waals surface area contributed by atoms with Crippen LogP contribution in [-0.4, -0.2) is 47.8 Å². The second-order valence-corrected chi connectivity index (χ2v) is 5.62. The Hall–Kier alpha value is -0.610. The Morgan fingerprint density at radius 2 is 1.88 bits per heavy atom. The van der Waals surface area contributed by atoms with Crippen LogP contribution in [-0.2, 0) is 9.53 Å². The number of carbonyl (C=O) groups excluding carboxylic acids is 1. The van der Waals surface area contributed by atoms with Gasteiger partial charge in [-0.15, -0.1) is 0 Å². The smallest absolute Gasteiger partial charge is 0.335 e. The van der Waals surface area contributed by atoms with Crippen molar-refractivity contribution >= 4 is 5.97 Å². The molecule has 0 bridgehead atoms. The molecule has 0 spiro atoms. The lowest BCUT2D eigenvalue weighted by atomic mass is 9.91. The number of aliphatic hydroxyl groups excluding tert-OH is 1. The molecule has 0 aromatic carbocycles. The highest BCUT2D eigenvalue weighted by Gasteiger charge is 2.32. The number of hydrogen-bond acceptors (Lipinski definition) is 4. The van der Waals surface area contributed by atoms with Crippen molar-refractivity contribution in [3.8, 4) is 0 Å². The molecule has 0 aliphatic carbocycles. The van der Waals surface area contributed by atoms with E-state index in [1.54, 1.807) is 0 Å². The summed E-state index contributed by atoms with van der Waals surface area (Å²) >= 11 is 0. The number of aliphatic hydroxyl groups is 1. The third kappa shape index (κ3) is 4.10. The quantitative estimate of drug-likeness (QED) is 0.719. The van der Waals surface area contributed by atoms with E-state index in [0.717, 1.165) is 25.9 Å². The SMILES string of the molecule is CN1CCC([C@H](O)C(=O)OC(C)(C)C)CC1. The van der Waals surface area contributed by atoms with Gasteiger partial charge in [0, 0.05) is 0 Å². The molecule has 0 saturated carbocycles. The molecule has 1 aliphatic rings. The molecule has 0 unspecified atom stereocenters. The molecule has 94 valence electrons. The van der Waals surface area contributed by atoms with Crippen molar-refractivity contribution in [2.75, 3.05) is 20.1 Å². The molecule has 1 atom stereocenters. The minimum absolute atomic E-state index is 0.0473. The molecule has 0 aromatic rings. The zero-order valence-corrected chi connectivity index (χ0v) is 10.7. The number of rotatable bonds is 2. The van der Waals surface area contributed by atoms with Gasteiger partial charge in [0.05, 0.1) is 0 Å². The van der Waals surface area contributed by atoms with Gasteiger partial charge in [-0.05, 0) is 59.7 Å². The fourth-order valence-electron chi connectivity index (χ4n) is 1.90. The Morgan fingerprint density at radius 3 is 2.31 bits per heavy atom. The molecule has 1 rings (SSSR count). The van der Waals surface area contributed by atoms with Gasteiger partial charge in [0.1, 0.15) is 5.60 Å². The van der Waals surface area contributed by atoms with Crippen LogP contribution >= 0.6 is 0 Å². The molecule has 1 aliphatic heterocycles. The molecular formula is C12H23NO3. The van der Waals surface area contributed by atoms with E-state index in [-0.39, 0.29) is 5.92 Å². The zero-order chi connectivity index (χ0) is 12.3. The molecule has 0 radical (unpaired) electrons. The molecule has 4 heteroatoms. The summed E-state index contributed by atoms with van der Waals surface area (Å²) in [6.07, 6.45) is 0.751. The van der Waals surface area contributed by atoms with Crippen LogP contribution in [0.4, 0.5) is 0 Å². The van der Waals surface area contributed by atoms with Crippen LogP contribution in [0.1, 0.15) is 33.6 Å². The Morgan fingerprint density at radius 1 is 1.38 bits per heavy atom. The minimum atomic E-state index is -0.965. The van der Waals surface area contributed by atoms with Crippen LogP contribution in [0.25, 0.3) is 0 Å². The lowest BCUT2D eigenvalue weighted by Gasteiger charge is -2.32. The van der Waals surface area contributed by atoms with Crippen LogP contribution in [0.15, 0.2) is 0 Å². The predicted molar refractivity (Wildman–Crippen MR) is 62.1 cm³/mol. The van der Waals surface area contributed by atoms with Crippen molar-refractivity contribution in [1.29, 1.82) is 0 Å². The lowest BCUT2D eigenvalue weighted by Crippen LogP contribution is -2.41. The molecule has 1 saturated heterocycles. The number of likely N-dealkylation sites (tertiary alicyclic amines) is 1. The molecule has 1 heterocycles. The van der Waals surface area contributed by atoms with E-state index in [1.807, 2.05) is 20.8 Å². The summed E-state index contributed by atoms with van der Waals surface area (Å²) in [6, 6.07) is 0. The van der Waals surface area contributed by atoms with Crippen LogP contribution in [0, 0.1) is 5.92 Å². The Balaban J connectivity index is 2.45. The second-order valence-electron chi connectivity index (χ2n) is 5.62. The van der Waals surface area contributed by atoms with Crippen molar-refractivity contribution in [2.45, 2.75) is 45.3 Å². The first kappa shape index (κ1) is 13.5. The van der Waals surface area contributed by atoms with E-state index in [1.165, 1.54) is 0 Å². The van der Waals surface area contributed by atoms with Crippen LogP contribution in [0.2, 0.25) is 0 Å². The average molecular weight is 229 g/mol. The maximum Gasteiger partial charge on any atom is 0.335 e. The van der Waals surface area contributed by atoms with E-state index < -0.39 is 17.7 Å². The maximum atomic E-state index is 11.7. The summed E-state index contributed by atoms with van der Waals surface area (Å²) in [6.45, 7) is 7.31. The fourth-order valence-corrected chi connectivity index (χ4v) is 1.90. The number of ether oxygens (including phenoxy) is 1. The van der Waals surface area contributed by atoms with Gasteiger partial charge in [0.15, 0.2) is 6.10 Å². The van der Waals surface area contributed by atoms with Gasteiger partial charge in [-0.25, -0.2) is 4.79 Å². The average Bonchev–Trinajstić information content (AvgIpc) is 2.15. The highest BCUT2D eigenvalue weighted by Crippen LogP contribution is 2.22. The molecule has 4 nitrogen and oxygen atoms in total. The van der Waals surface area contributed by atoms with Crippen molar-refractivity contribution in [3.63, 3.8) is 0 Å². The Kier molecular flexibility index (Phi) is 4.33. The largest absolute Gasteiger partial charge is 0.458 e. The number of carbonyl (C=O) groups is 1. The van der Waals surface area contributed by atoms with E-state index in [0.29, 0.717) is 0 Å². The van der Waals surface area contributed by atoms with Gasteiger partial charge in [0.2, 0.25) is 0 Å². The summed E-state index contributed by atoms with van der Waals surface area (Å²) < 4.78 is 5.18. The van der Waals surface area contributed by atoms with Gasteiger partial charge in [-0.2, -0.15) is 0 Å². The lowest BCUT2D eigenvalue weighted by molar-refractivity contribution is -0.169. The summed E-state index contributed by atoms with van der Waals surface area (Å²) in [5.74, 6) is -0.437. The summed E-state index contributed by atoms with van der Waals surface area (Å²) in [5.41, 5.74) is -0.524. The van der Waals surface area contributed by atoms with Crippen LogP contribution in [0.3, 0.4) is 0 Å². The van der Waals surface area contributed by atoms with Crippen molar-refractivity contribution in [2.24, 2.45) is 5.92 Å². The number of piperidine rings is 1. The van der Waals surface area contributed by atoms with Gasteiger partial charge >= 0.3 is 5.97 Å². The van der Waals surface area contributed by atoms with Crippen molar-refractivity contribution < 1.29 is 14.6 Å². The molecular weight excluding hydrogens is 206 g/mol. The van der Waals surface area contributed by atoms with E-state index in [2.05, 4.69) is 11.9 Å². The number of nitrogens with zero attached hydrogens (tertiary/aromatic N) is 1. The van der Waals surface area contributed by atoms with Crippen molar-refractivity contribution in [3.05, 3.63) is 0 Å². The summed E-state index contributed by atoms with van der Waals surface area (Å²) in [7, 11) is 2.05. The molecule has 0 aromatic heterocycles. The number of hydrogen-bond donors (Lipinski definition) is 1. The first-order chi connectivity index (χ1) is 7.29. The van der Waals surface area contributed by atoms with E-state index in [4.69, 9.17) is 4.74 Å². The monoisotopic (exact) mass is 229 g/mol. The Bertz CT molecular complexity index is 239. The summed E-state index contributed by atoms with van der Waals surface area (Å²) in [4.78, 5) is 13.9. The predicted octanol–water partition coefficient (Wildman–Crippen LogP) is 1.03. The maximum absolute atomic E-state index is 11.7. The van der Waals surface area contributed by atoms with Gasteiger partial charge < -0.3 is 14.7 Å². The molecule has 0 amide bonds. The molecule has 16 heavy (non-hydrogen) atoms.